The van der Waals surface area contributed by atoms with E-state index in [9.17, 15) is 9.59 Å². The van der Waals surface area contributed by atoms with Gasteiger partial charge in [-0.05, 0) is 24.3 Å². The fraction of sp³-hybridized carbons (Fsp3) is 0.182. The SMILES string of the molecule is COc1cccc(-c2cc(COC(=O)CCn3cnc4ccccc4c3=O)no2)c1. The van der Waals surface area contributed by atoms with Crippen molar-refractivity contribution < 1.29 is 18.8 Å². The lowest BCUT2D eigenvalue weighted by molar-refractivity contribution is -0.145. The molecule has 152 valence electrons. The van der Waals surface area contributed by atoms with E-state index in [2.05, 4.69) is 10.1 Å². The van der Waals surface area contributed by atoms with Crippen molar-refractivity contribution in [3.63, 3.8) is 0 Å². The van der Waals surface area contributed by atoms with E-state index in [1.54, 1.807) is 31.4 Å². The Morgan fingerprint density at radius 3 is 2.87 bits per heavy atom. The average Bonchev–Trinajstić information content (AvgIpc) is 3.27. The smallest absolute Gasteiger partial charge is 0.307 e. The number of carbonyl (C=O) groups excluding carboxylic acids is 1. The summed E-state index contributed by atoms with van der Waals surface area (Å²) in [5.41, 5.74) is 1.74. The number of methoxy groups -OCH3 is 1. The van der Waals surface area contributed by atoms with E-state index in [0.29, 0.717) is 28.1 Å². The minimum absolute atomic E-state index is 0.0167. The van der Waals surface area contributed by atoms with Gasteiger partial charge in [-0.3, -0.25) is 14.2 Å². The normalized spacial score (nSPS) is 10.8. The molecule has 0 spiro atoms. The highest BCUT2D eigenvalue weighted by Crippen LogP contribution is 2.24. The van der Waals surface area contributed by atoms with Crippen LogP contribution in [-0.2, 0) is 22.7 Å². The maximum Gasteiger partial charge on any atom is 0.307 e. The fourth-order valence-electron chi connectivity index (χ4n) is 3.00. The molecule has 0 atom stereocenters. The van der Waals surface area contributed by atoms with E-state index in [0.717, 1.165) is 5.56 Å². The van der Waals surface area contributed by atoms with Crippen LogP contribution in [0.15, 0.2) is 70.2 Å². The number of nitrogens with zero attached hydrogens (tertiary/aromatic N) is 3. The van der Waals surface area contributed by atoms with Gasteiger partial charge in [0.2, 0.25) is 0 Å². The minimum Gasteiger partial charge on any atom is -0.497 e. The van der Waals surface area contributed by atoms with Crippen LogP contribution in [0.4, 0.5) is 0 Å². The Morgan fingerprint density at radius 1 is 1.13 bits per heavy atom. The van der Waals surface area contributed by atoms with Crippen molar-refractivity contribution in [3.8, 4) is 17.1 Å². The van der Waals surface area contributed by atoms with Gasteiger partial charge < -0.3 is 14.0 Å². The Labute approximate surface area is 171 Å². The summed E-state index contributed by atoms with van der Waals surface area (Å²) < 4.78 is 17.2. The zero-order valence-corrected chi connectivity index (χ0v) is 16.3. The molecule has 2 heterocycles. The van der Waals surface area contributed by atoms with Gasteiger partial charge in [0.05, 0.1) is 30.8 Å². The average molecular weight is 405 g/mol. The van der Waals surface area contributed by atoms with Crippen LogP contribution < -0.4 is 10.3 Å². The Kier molecular flexibility index (Phi) is 5.56. The second-order valence-electron chi connectivity index (χ2n) is 6.59. The van der Waals surface area contributed by atoms with Gasteiger partial charge in [-0.1, -0.05) is 29.4 Å². The van der Waals surface area contributed by atoms with Crippen LogP contribution in [0.3, 0.4) is 0 Å². The Bertz CT molecular complexity index is 1240. The number of benzene rings is 2. The molecular weight excluding hydrogens is 386 g/mol. The van der Waals surface area contributed by atoms with Crippen LogP contribution in [0.1, 0.15) is 12.1 Å². The van der Waals surface area contributed by atoms with E-state index in [1.807, 2.05) is 30.3 Å². The standard InChI is InChI=1S/C22H19N3O5/c1-28-17-6-4-5-15(11-17)20-12-16(24-30-20)13-29-21(26)9-10-25-14-23-19-8-3-2-7-18(19)22(25)27/h2-8,11-12,14H,9-10,13H2,1H3. The molecule has 30 heavy (non-hydrogen) atoms. The number of hydrogen-bond acceptors (Lipinski definition) is 7. The summed E-state index contributed by atoms with van der Waals surface area (Å²) >= 11 is 0. The molecule has 0 aliphatic carbocycles. The number of para-hydroxylation sites is 1. The van der Waals surface area contributed by atoms with E-state index in [1.165, 1.54) is 10.9 Å². The summed E-state index contributed by atoms with van der Waals surface area (Å²) in [5, 5.41) is 4.44. The van der Waals surface area contributed by atoms with Gasteiger partial charge in [0.25, 0.3) is 5.56 Å². The first kappa shape index (κ1) is 19.4. The van der Waals surface area contributed by atoms with Crippen molar-refractivity contribution in [2.45, 2.75) is 19.6 Å². The molecule has 4 aromatic rings. The van der Waals surface area contributed by atoms with Crippen molar-refractivity contribution >= 4 is 16.9 Å². The molecule has 0 aliphatic rings. The summed E-state index contributed by atoms with van der Waals surface area (Å²) in [6.07, 6.45) is 1.48. The molecule has 8 nitrogen and oxygen atoms in total. The first-order valence-electron chi connectivity index (χ1n) is 9.34. The molecule has 0 aliphatic heterocycles. The number of ether oxygens (including phenoxy) is 2. The number of aryl methyl sites for hydroxylation is 1. The molecule has 0 N–H and O–H groups in total. The molecule has 8 heteroatoms. The van der Waals surface area contributed by atoms with Crippen molar-refractivity contribution in [2.75, 3.05) is 7.11 Å². The van der Waals surface area contributed by atoms with Crippen molar-refractivity contribution in [2.24, 2.45) is 0 Å². The van der Waals surface area contributed by atoms with Crippen LogP contribution >= 0.6 is 0 Å². The summed E-state index contributed by atoms with van der Waals surface area (Å²) in [6, 6.07) is 16.2. The van der Waals surface area contributed by atoms with Gasteiger partial charge in [0.1, 0.15) is 18.1 Å². The van der Waals surface area contributed by atoms with Crippen LogP contribution in [0, 0.1) is 0 Å². The number of carbonyl (C=O) groups is 1. The predicted octanol–water partition coefficient (Wildman–Crippen LogP) is 3.19. The second kappa shape index (κ2) is 8.60. The first-order valence-corrected chi connectivity index (χ1v) is 9.34. The summed E-state index contributed by atoms with van der Waals surface area (Å²) in [7, 11) is 1.59. The molecular formula is C22H19N3O5. The fourth-order valence-corrected chi connectivity index (χ4v) is 3.00. The number of esters is 1. The summed E-state index contributed by atoms with van der Waals surface area (Å²) in [4.78, 5) is 28.8. The lowest BCUT2D eigenvalue weighted by atomic mass is 10.1. The zero-order valence-electron chi connectivity index (χ0n) is 16.3. The van der Waals surface area contributed by atoms with Gasteiger partial charge in [-0.15, -0.1) is 0 Å². The topological polar surface area (TPSA) is 96.5 Å². The number of aromatic nitrogens is 3. The molecule has 0 fully saturated rings. The summed E-state index contributed by atoms with van der Waals surface area (Å²) in [5.74, 6) is 0.810. The Balaban J connectivity index is 1.34. The van der Waals surface area contributed by atoms with E-state index in [4.69, 9.17) is 14.0 Å². The lowest BCUT2D eigenvalue weighted by Gasteiger charge is -2.06. The number of rotatable bonds is 7. The zero-order chi connectivity index (χ0) is 20.9. The van der Waals surface area contributed by atoms with Crippen molar-refractivity contribution in [1.82, 2.24) is 14.7 Å². The maximum atomic E-state index is 12.4. The van der Waals surface area contributed by atoms with Gasteiger partial charge in [-0.25, -0.2) is 4.98 Å². The number of fused-ring (bicyclic) bond motifs is 1. The summed E-state index contributed by atoms with van der Waals surface area (Å²) in [6.45, 7) is 0.167. The highest BCUT2D eigenvalue weighted by Gasteiger charge is 2.11. The van der Waals surface area contributed by atoms with Gasteiger partial charge in [0.15, 0.2) is 5.76 Å². The van der Waals surface area contributed by atoms with Gasteiger partial charge in [0, 0.05) is 18.2 Å². The van der Waals surface area contributed by atoms with Crippen LogP contribution in [0.5, 0.6) is 5.75 Å². The molecule has 0 unspecified atom stereocenters. The van der Waals surface area contributed by atoms with Crippen molar-refractivity contribution in [3.05, 3.63) is 77.0 Å². The number of hydrogen-bond donors (Lipinski definition) is 0. The monoisotopic (exact) mass is 405 g/mol. The third kappa shape index (κ3) is 4.22. The van der Waals surface area contributed by atoms with Gasteiger partial charge >= 0.3 is 5.97 Å². The third-order valence-corrected chi connectivity index (χ3v) is 4.58. The molecule has 2 aromatic heterocycles. The molecule has 0 saturated heterocycles. The quantitative estimate of drug-likeness (QED) is 0.436. The van der Waals surface area contributed by atoms with E-state index < -0.39 is 5.97 Å². The molecule has 0 saturated carbocycles. The van der Waals surface area contributed by atoms with E-state index in [-0.39, 0.29) is 25.1 Å². The second-order valence-corrected chi connectivity index (χ2v) is 6.59. The van der Waals surface area contributed by atoms with Crippen molar-refractivity contribution in [1.29, 1.82) is 0 Å². The predicted molar refractivity (Wildman–Crippen MR) is 109 cm³/mol. The molecule has 0 radical (unpaired) electrons. The molecule has 4 rings (SSSR count). The Morgan fingerprint density at radius 2 is 2.00 bits per heavy atom. The highest BCUT2D eigenvalue weighted by molar-refractivity contribution is 5.77. The third-order valence-electron chi connectivity index (χ3n) is 4.58. The minimum atomic E-state index is -0.444. The Hall–Kier alpha value is -3.94. The molecule has 0 amide bonds. The molecule has 0 bridgehead atoms. The van der Waals surface area contributed by atoms with Gasteiger partial charge in [-0.2, -0.15) is 0 Å². The lowest BCUT2D eigenvalue weighted by Crippen LogP contribution is -2.22. The highest BCUT2D eigenvalue weighted by atomic mass is 16.5. The maximum absolute atomic E-state index is 12.4. The van der Waals surface area contributed by atoms with Crippen LogP contribution in [-0.4, -0.2) is 27.8 Å². The van der Waals surface area contributed by atoms with Crippen LogP contribution in [0.2, 0.25) is 0 Å². The molecule has 2 aromatic carbocycles. The van der Waals surface area contributed by atoms with Crippen LogP contribution in [0.25, 0.3) is 22.2 Å². The van der Waals surface area contributed by atoms with E-state index >= 15 is 0 Å². The largest absolute Gasteiger partial charge is 0.497 e. The first-order chi connectivity index (χ1) is 14.6.